The zero-order chi connectivity index (χ0) is 13.1. The molecule has 0 unspecified atom stereocenters. The molecule has 0 fully saturated rings. The van der Waals surface area contributed by atoms with Gasteiger partial charge in [0.05, 0.1) is 5.35 Å². The van der Waals surface area contributed by atoms with Crippen LogP contribution in [-0.2, 0) is 4.74 Å². The van der Waals surface area contributed by atoms with Crippen molar-refractivity contribution in [2.24, 2.45) is 9.98 Å². The minimum absolute atomic E-state index is 0.406. The first-order valence-corrected chi connectivity index (χ1v) is 5.73. The number of nitrogens with zero attached hydrogens (tertiary/aromatic N) is 4. The standard InChI is InChI=1S/C14H10N4O/c1-10-7-11-8-15-9-18-12(11)3-4-13-14(19-10)17-6-2-5-16-13/h2-3,5,7-9H,1,4H2/b11-7-,12-3+. The normalized spacial score (nSPS) is 20.5. The van der Waals surface area contributed by atoms with E-state index < -0.39 is 0 Å². The van der Waals surface area contributed by atoms with Gasteiger partial charge in [-0.25, -0.2) is 9.97 Å². The Morgan fingerprint density at radius 3 is 3.26 bits per heavy atom. The van der Waals surface area contributed by atoms with Crippen LogP contribution in [0, 0.1) is 0 Å². The molecule has 19 heavy (non-hydrogen) atoms. The van der Waals surface area contributed by atoms with Crippen molar-refractivity contribution in [3.63, 3.8) is 0 Å². The Bertz CT molecular complexity index is 780. The van der Waals surface area contributed by atoms with E-state index in [2.05, 4.69) is 32.4 Å². The number of aliphatic imine (C=N–C) groups is 2. The van der Waals surface area contributed by atoms with Crippen LogP contribution < -0.4 is 10.6 Å². The Morgan fingerprint density at radius 1 is 1.37 bits per heavy atom. The molecule has 0 N–H and O–H groups in total. The zero-order valence-corrected chi connectivity index (χ0v) is 10.1. The van der Waals surface area contributed by atoms with Crippen molar-refractivity contribution >= 4 is 24.2 Å². The predicted octanol–water partition coefficient (Wildman–Crippen LogP) is 0.451. The molecule has 2 aliphatic heterocycles. The molecule has 0 aliphatic carbocycles. The molecule has 0 spiro atoms. The third-order valence-electron chi connectivity index (χ3n) is 2.60. The van der Waals surface area contributed by atoms with E-state index in [4.69, 9.17) is 4.74 Å². The van der Waals surface area contributed by atoms with E-state index >= 15 is 0 Å². The van der Waals surface area contributed by atoms with E-state index in [0.29, 0.717) is 23.8 Å². The smallest absolute Gasteiger partial charge is 0.249 e. The first-order chi connectivity index (χ1) is 9.33. The molecule has 3 heterocycles. The highest BCUT2D eigenvalue weighted by atomic mass is 16.5. The quantitative estimate of drug-likeness (QED) is 0.671. The fourth-order valence-corrected chi connectivity index (χ4v) is 1.75. The fraction of sp³-hybridized carbons (Fsp3) is 0.0714. The highest BCUT2D eigenvalue weighted by Crippen LogP contribution is 2.18. The number of aromatic nitrogens is 2. The zero-order valence-electron chi connectivity index (χ0n) is 10.1. The van der Waals surface area contributed by atoms with Crippen LogP contribution in [0.1, 0.15) is 6.42 Å². The summed E-state index contributed by atoms with van der Waals surface area (Å²) in [6.07, 6.45) is 10.8. The lowest BCUT2D eigenvalue weighted by Crippen LogP contribution is -2.28. The number of hydrogen-bond donors (Lipinski definition) is 0. The van der Waals surface area contributed by atoms with Gasteiger partial charge in [-0.1, -0.05) is 12.7 Å². The number of hydrogen-bond acceptors (Lipinski definition) is 5. The van der Waals surface area contributed by atoms with Gasteiger partial charge in [-0.05, 0) is 11.9 Å². The maximum absolute atomic E-state index is 5.60. The number of fused-ring (bicyclic) bond motifs is 1. The van der Waals surface area contributed by atoms with Crippen LogP contribution >= 0.6 is 0 Å². The van der Waals surface area contributed by atoms with Gasteiger partial charge in [0, 0.05) is 30.1 Å². The number of rotatable bonds is 0. The molecule has 0 aromatic carbocycles. The predicted molar refractivity (Wildman–Crippen MR) is 72.6 cm³/mol. The Morgan fingerprint density at radius 2 is 2.32 bits per heavy atom. The second-order valence-electron chi connectivity index (χ2n) is 3.92. The lowest BCUT2D eigenvalue weighted by atomic mass is 10.2. The molecule has 3 rings (SSSR count). The second-order valence-corrected chi connectivity index (χ2v) is 3.92. The second kappa shape index (κ2) is 4.84. The first-order valence-electron chi connectivity index (χ1n) is 5.73. The molecular weight excluding hydrogens is 240 g/mol. The van der Waals surface area contributed by atoms with Gasteiger partial charge in [-0.3, -0.25) is 4.99 Å². The van der Waals surface area contributed by atoms with Gasteiger partial charge in [0.2, 0.25) is 5.88 Å². The Hall–Kier alpha value is -2.78. The minimum Gasteiger partial charge on any atom is -0.437 e. The SMILES string of the molecule is C=C1/C=c2/cncn/c2=C/CC2=C(N=C=CC=N2)O1. The van der Waals surface area contributed by atoms with E-state index in [9.17, 15) is 0 Å². The van der Waals surface area contributed by atoms with Gasteiger partial charge in [0.1, 0.15) is 17.8 Å². The van der Waals surface area contributed by atoms with Crippen molar-refractivity contribution in [3.05, 3.63) is 53.1 Å². The Labute approximate surface area is 109 Å². The number of ether oxygens (including phenoxy) is 1. The fourth-order valence-electron chi connectivity index (χ4n) is 1.75. The van der Waals surface area contributed by atoms with Crippen molar-refractivity contribution in [1.82, 2.24) is 9.97 Å². The highest BCUT2D eigenvalue weighted by molar-refractivity contribution is 5.84. The molecule has 2 aliphatic rings. The van der Waals surface area contributed by atoms with Crippen LogP contribution in [-0.4, -0.2) is 22.1 Å². The molecule has 92 valence electrons. The van der Waals surface area contributed by atoms with Gasteiger partial charge in [0.25, 0.3) is 0 Å². The van der Waals surface area contributed by atoms with E-state index in [1.54, 1.807) is 24.6 Å². The first kappa shape index (κ1) is 11.3. The van der Waals surface area contributed by atoms with Crippen LogP contribution in [0.4, 0.5) is 0 Å². The third-order valence-corrected chi connectivity index (χ3v) is 2.60. The number of allylic oxidation sites excluding steroid dienone is 3. The Balaban J connectivity index is 2.18. The van der Waals surface area contributed by atoms with Crippen molar-refractivity contribution < 1.29 is 4.74 Å². The monoisotopic (exact) mass is 250 g/mol. The summed E-state index contributed by atoms with van der Waals surface area (Å²) in [6.45, 7) is 3.85. The van der Waals surface area contributed by atoms with Crippen LogP contribution in [0.25, 0.3) is 12.2 Å². The summed E-state index contributed by atoms with van der Waals surface area (Å²) < 4.78 is 5.60. The molecule has 1 aromatic heterocycles. The van der Waals surface area contributed by atoms with Crippen LogP contribution in [0.5, 0.6) is 0 Å². The molecule has 1 aromatic rings. The molecule has 0 saturated heterocycles. The average Bonchev–Trinajstić information content (AvgIpc) is 2.59. The molecule has 5 heteroatoms. The Kier molecular flexibility index (Phi) is 2.88. The van der Waals surface area contributed by atoms with E-state index in [1.165, 1.54) is 6.33 Å². The summed E-state index contributed by atoms with van der Waals surface area (Å²) in [7, 11) is 0. The highest BCUT2D eigenvalue weighted by Gasteiger charge is 2.09. The summed E-state index contributed by atoms with van der Waals surface area (Å²) in [4.78, 5) is 16.6. The van der Waals surface area contributed by atoms with Crippen LogP contribution in [0.2, 0.25) is 0 Å². The summed E-state index contributed by atoms with van der Waals surface area (Å²) in [5.74, 6) is 3.59. The molecule has 0 bridgehead atoms. The van der Waals surface area contributed by atoms with Gasteiger partial charge in [-0.15, -0.1) is 0 Å². The van der Waals surface area contributed by atoms with Crippen molar-refractivity contribution in [2.75, 3.05) is 0 Å². The van der Waals surface area contributed by atoms with Crippen molar-refractivity contribution in [3.8, 4) is 0 Å². The molecular formula is C14H10N4O. The largest absolute Gasteiger partial charge is 0.437 e. The minimum atomic E-state index is 0.406. The molecule has 0 saturated carbocycles. The molecule has 0 amide bonds. The van der Waals surface area contributed by atoms with E-state index in [0.717, 1.165) is 10.6 Å². The van der Waals surface area contributed by atoms with Gasteiger partial charge < -0.3 is 4.74 Å². The third kappa shape index (κ3) is 2.41. The van der Waals surface area contributed by atoms with Gasteiger partial charge in [-0.2, -0.15) is 4.99 Å². The van der Waals surface area contributed by atoms with E-state index in [1.807, 2.05) is 6.08 Å². The molecule has 0 atom stereocenters. The van der Waals surface area contributed by atoms with E-state index in [-0.39, 0.29) is 0 Å². The summed E-state index contributed by atoms with van der Waals surface area (Å²) in [6, 6.07) is 0. The maximum Gasteiger partial charge on any atom is 0.249 e. The average molecular weight is 250 g/mol. The lowest BCUT2D eigenvalue weighted by Gasteiger charge is -2.06. The van der Waals surface area contributed by atoms with Crippen LogP contribution in [0.3, 0.4) is 0 Å². The summed E-state index contributed by atoms with van der Waals surface area (Å²) in [5, 5.41) is 1.68. The molecule has 5 nitrogen and oxygen atoms in total. The van der Waals surface area contributed by atoms with Crippen LogP contribution in [0.15, 0.2) is 52.5 Å². The van der Waals surface area contributed by atoms with Crippen molar-refractivity contribution in [1.29, 1.82) is 0 Å². The maximum atomic E-state index is 5.60. The van der Waals surface area contributed by atoms with Gasteiger partial charge >= 0.3 is 0 Å². The topological polar surface area (TPSA) is 59.7 Å². The summed E-state index contributed by atoms with van der Waals surface area (Å²) in [5.41, 5.74) is 0.710. The van der Waals surface area contributed by atoms with Crippen molar-refractivity contribution in [2.45, 2.75) is 6.42 Å². The van der Waals surface area contributed by atoms with Gasteiger partial charge in [0.15, 0.2) is 0 Å². The summed E-state index contributed by atoms with van der Waals surface area (Å²) >= 11 is 0. The molecule has 0 radical (unpaired) electrons. The lowest BCUT2D eigenvalue weighted by molar-refractivity contribution is 0.319.